The molecule has 78 valence electrons. The van der Waals surface area contributed by atoms with Crippen molar-refractivity contribution in [3.63, 3.8) is 0 Å². The molecule has 1 N–H and O–H groups in total. The van der Waals surface area contributed by atoms with E-state index in [0.29, 0.717) is 0 Å². The lowest BCUT2D eigenvalue weighted by Crippen LogP contribution is -2.38. The van der Waals surface area contributed by atoms with E-state index in [2.05, 4.69) is 15.4 Å². The number of rotatable bonds is 4. The van der Waals surface area contributed by atoms with Gasteiger partial charge in [0.15, 0.2) is 0 Å². The normalized spacial score (nSPS) is 14.8. The molecule has 5 nitrogen and oxygen atoms in total. The Morgan fingerprint density at radius 2 is 2.36 bits per heavy atom. The van der Waals surface area contributed by atoms with Crippen LogP contribution < -0.4 is 5.32 Å². The number of nitrogens with one attached hydrogen (secondary N) is 1. The molecule has 6 heteroatoms. The highest BCUT2D eigenvalue weighted by Crippen LogP contribution is 2.07. The van der Waals surface area contributed by atoms with E-state index in [1.54, 1.807) is 11.0 Å². The fourth-order valence-corrected chi connectivity index (χ4v) is 1.15. The maximum Gasteiger partial charge on any atom is 0.235 e. The first-order valence-corrected chi connectivity index (χ1v) is 4.88. The maximum atomic E-state index is 11.0. The largest absolute Gasteiger partial charge is 0.350 e. The predicted molar refractivity (Wildman–Crippen MR) is 53.1 cm³/mol. The van der Waals surface area contributed by atoms with E-state index in [-0.39, 0.29) is 23.9 Å². The SMILES string of the molecule is CC(NC(=O)CCl)C(C)n1cncn1. The Kier molecular flexibility index (Phi) is 3.88. The van der Waals surface area contributed by atoms with Gasteiger partial charge in [-0.05, 0) is 13.8 Å². The lowest BCUT2D eigenvalue weighted by Gasteiger charge is -2.20. The molecule has 0 saturated carbocycles. The first kappa shape index (κ1) is 11.0. The van der Waals surface area contributed by atoms with E-state index in [9.17, 15) is 4.79 Å². The highest BCUT2D eigenvalue weighted by molar-refractivity contribution is 6.27. The predicted octanol–water partition coefficient (Wildman–Crippen LogP) is 0.583. The van der Waals surface area contributed by atoms with Crippen LogP contribution in [0.3, 0.4) is 0 Å². The third-order valence-corrected chi connectivity index (χ3v) is 2.33. The summed E-state index contributed by atoms with van der Waals surface area (Å²) in [6.45, 7) is 3.85. The summed E-state index contributed by atoms with van der Waals surface area (Å²) >= 11 is 5.38. The average Bonchev–Trinajstić information content (AvgIpc) is 2.69. The number of hydrogen-bond donors (Lipinski definition) is 1. The van der Waals surface area contributed by atoms with Crippen LogP contribution in [-0.2, 0) is 4.79 Å². The summed E-state index contributed by atoms with van der Waals surface area (Å²) in [4.78, 5) is 14.8. The van der Waals surface area contributed by atoms with Crippen LogP contribution in [0.25, 0.3) is 0 Å². The zero-order valence-electron chi connectivity index (χ0n) is 8.14. The number of halogens is 1. The average molecular weight is 217 g/mol. The van der Waals surface area contributed by atoms with Crippen molar-refractivity contribution in [3.8, 4) is 0 Å². The van der Waals surface area contributed by atoms with Gasteiger partial charge in [-0.1, -0.05) is 0 Å². The molecular weight excluding hydrogens is 204 g/mol. The van der Waals surface area contributed by atoms with Gasteiger partial charge in [0.05, 0.1) is 6.04 Å². The molecule has 0 saturated heterocycles. The van der Waals surface area contributed by atoms with Crippen molar-refractivity contribution in [2.45, 2.75) is 25.9 Å². The molecule has 2 atom stereocenters. The smallest absolute Gasteiger partial charge is 0.235 e. The number of amides is 1. The maximum absolute atomic E-state index is 11.0. The Balaban J connectivity index is 2.53. The highest BCUT2D eigenvalue weighted by Gasteiger charge is 2.15. The zero-order valence-corrected chi connectivity index (χ0v) is 8.90. The minimum Gasteiger partial charge on any atom is -0.350 e. The third kappa shape index (κ3) is 2.70. The summed E-state index contributed by atoms with van der Waals surface area (Å²) in [5.41, 5.74) is 0. The molecule has 0 aliphatic carbocycles. The monoisotopic (exact) mass is 216 g/mol. The van der Waals surface area contributed by atoms with Crippen molar-refractivity contribution in [2.24, 2.45) is 0 Å². The molecule has 0 aliphatic rings. The van der Waals surface area contributed by atoms with E-state index in [4.69, 9.17) is 11.6 Å². The van der Waals surface area contributed by atoms with Crippen LogP contribution in [0.4, 0.5) is 0 Å². The summed E-state index contributed by atoms with van der Waals surface area (Å²) in [6, 6.07) is 0.0348. The van der Waals surface area contributed by atoms with Crippen molar-refractivity contribution in [1.29, 1.82) is 0 Å². The number of carbonyl (C=O) groups is 1. The summed E-state index contributed by atoms with van der Waals surface area (Å²) in [5.74, 6) is -0.194. The van der Waals surface area contributed by atoms with Crippen molar-refractivity contribution in [2.75, 3.05) is 5.88 Å². The Morgan fingerprint density at radius 1 is 1.64 bits per heavy atom. The standard InChI is InChI=1S/C8H13ClN4O/c1-6(12-8(14)3-9)7(2)13-5-10-4-11-13/h4-7H,3H2,1-2H3,(H,12,14). The molecule has 1 aromatic heterocycles. The topological polar surface area (TPSA) is 59.8 Å². The summed E-state index contributed by atoms with van der Waals surface area (Å²) in [6.07, 6.45) is 3.08. The van der Waals surface area contributed by atoms with Crippen LogP contribution in [0.2, 0.25) is 0 Å². The number of hydrogen-bond acceptors (Lipinski definition) is 3. The second-order valence-electron chi connectivity index (χ2n) is 3.11. The van der Waals surface area contributed by atoms with Crippen LogP contribution in [0.15, 0.2) is 12.7 Å². The molecule has 0 radical (unpaired) electrons. The van der Waals surface area contributed by atoms with Gasteiger partial charge < -0.3 is 5.32 Å². The highest BCUT2D eigenvalue weighted by atomic mass is 35.5. The van der Waals surface area contributed by atoms with Crippen molar-refractivity contribution in [1.82, 2.24) is 20.1 Å². The van der Waals surface area contributed by atoms with Gasteiger partial charge in [0.25, 0.3) is 0 Å². The minimum absolute atomic E-state index is 0.0194. The van der Waals surface area contributed by atoms with Gasteiger partial charge in [-0.25, -0.2) is 9.67 Å². The van der Waals surface area contributed by atoms with Gasteiger partial charge in [0.2, 0.25) is 5.91 Å². The molecule has 0 spiro atoms. The van der Waals surface area contributed by atoms with Crippen molar-refractivity contribution in [3.05, 3.63) is 12.7 Å². The van der Waals surface area contributed by atoms with Crippen molar-refractivity contribution < 1.29 is 4.79 Å². The van der Waals surface area contributed by atoms with Crippen LogP contribution in [0, 0.1) is 0 Å². The van der Waals surface area contributed by atoms with E-state index in [1.165, 1.54) is 6.33 Å². The van der Waals surface area contributed by atoms with Crippen LogP contribution in [0.1, 0.15) is 19.9 Å². The molecule has 1 aromatic rings. The lowest BCUT2D eigenvalue weighted by molar-refractivity contribution is -0.119. The minimum atomic E-state index is -0.175. The molecule has 0 aliphatic heterocycles. The second-order valence-corrected chi connectivity index (χ2v) is 3.37. The Morgan fingerprint density at radius 3 is 2.86 bits per heavy atom. The van der Waals surface area contributed by atoms with Crippen LogP contribution >= 0.6 is 11.6 Å². The number of alkyl halides is 1. The first-order valence-electron chi connectivity index (χ1n) is 4.34. The fraction of sp³-hybridized carbons (Fsp3) is 0.625. The fourth-order valence-electron chi connectivity index (χ4n) is 1.07. The van der Waals surface area contributed by atoms with Gasteiger partial charge in [-0.2, -0.15) is 5.10 Å². The molecule has 1 heterocycles. The molecule has 0 aromatic carbocycles. The van der Waals surface area contributed by atoms with E-state index >= 15 is 0 Å². The molecule has 14 heavy (non-hydrogen) atoms. The summed E-state index contributed by atoms with van der Waals surface area (Å²) in [7, 11) is 0. The van der Waals surface area contributed by atoms with Gasteiger partial charge in [-0.15, -0.1) is 11.6 Å². The van der Waals surface area contributed by atoms with Gasteiger partial charge in [-0.3, -0.25) is 4.79 Å². The third-order valence-electron chi connectivity index (χ3n) is 2.09. The van der Waals surface area contributed by atoms with E-state index < -0.39 is 0 Å². The van der Waals surface area contributed by atoms with Gasteiger partial charge >= 0.3 is 0 Å². The summed E-state index contributed by atoms with van der Waals surface area (Å²) < 4.78 is 1.69. The van der Waals surface area contributed by atoms with Crippen LogP contribution in [0.5, 0.6) is 0 Å². The van der Waals surface area contributed by atoms with E-state index in [1.807, 2.05) is 13.8 Å². The zero-order chi connectivity index (χ0) is 10.6. The number of aromatic nitrogens is 3. The molecule has 2 unspecified atom stereocenters. The van der Waals surface area contributed by atoms with Gasteiger partial charge in [0, 0.05) is 6.04 Å². The second kappa shape index (κ2) is 4.95. The number of carbonyl (C=O) groups excluding carboxylic acids is 1. The van der Waals surface area contributed by atoms with Crippen molar-refractivity contribution >= 4 is 17.5 Å². The Bertz CT molecular complexity index is 288. The molecule has 0 bridgehead atoms. The van der Waals surface area contributed by atoms with E-state index in [0.717, 1.165) is 0 Å². The Hall–Kier alpha value is -1.10. The number of nitrogens with zero attached hydrogens (tertiary/aromatic N) is 3. The molecule has 1 amide bonds. The lowest BCUT2D eigenvalue weighted by atomic mass is 10.2. The molecule has 1 rings (SSSR count). The van der Waals surface area contributed by atoms with Gasteiger partial charge in [0.1, 0.15) is 18.5 Å². The molecule has 0 fully saturated rings. The van der Waals surface area contributed by atoms with Crippen LogP contribution in [-0.4, -0.2) is 32.6 Å². The Labute approximate surface area is 87.5 Å². The molecular formula is C8H13ClN4O. The first-order chi connectivity index (χ1) is 6.65. The summed E-state index contributed by atoms with van der Waals surface area (Å²) in [5, 5.41) is 6.75. The quantitative estimate of drug-likeness (QED) is 0.750.